The molecule has 0 aromatic heterocycles. The number of aliphatic hydroxyl groups excluding tert-OH is 3. The molecule has 0 aromatic carbocycles. The third-order valence-electron chi connectivity index (χ3n) is 7.62. The maximum Gasteiger partial charge on any atom is 0.222 e. The summed E-state index contributed by atoms with van der Waals surface area (Å²) >= 11 is 0. The minimum atomic E-state index is -0.956. The van der Waals surface area contributed by atoms with E-state index in [1.54, 1.807) is 6.08 Å². The number of aliphatic hydroxyl groups is 3. The van der Waals surface area contributed by atoms with E-state index in [1.807, 2.05) is 6.08 Å². The van der Waals surface area contributed by atoms with Gasteiger partial charge in [-0.2, -0.15) is 0 Å². The standard InChI is InChI=1S/C37H67NO4/c1-3-5-7-9-11-13-15-17-19-21-23-25-27-29-31-36(41)35(33-39)38-37(42)32-34(40)30-28-26-24-22-20-18-16-14-12-10-8-6-4-2/h12,14,16,18,21,23,29,31,34-36,39-41H,3-11,13,15,17,19-20,22,24-28,30,32-33H2,1-2H3,(H,38,42)/b14-12-,18-16-,23-21+,31-29+. The molecule has 0 spiro atoms. The molecule has 0 saturated carbocycles. The number of hydrogen-bond acceptors (Lipinski definition) is 4. The van der Waals surface area contributed by atoms with Crippen molar-refractivity contribution >= 4 is 5.91 Å². The van der Waals surface area contributed by atoms with Crippen LogP contribution in [0.25, 0.3) is 0 Å². The molecule has 5 heteroatoms. The Balaban J connectivity index is 3.87. The average molecular weight is 590 g/mol. The van der Waals surface area contributed by atoms with Gasteiger partial charge in [0.05, 0.1) is 31.3 Å². The van der Waals surface area contributed by atoms with Gasteiger partial charge in [-0.25, -0.2) is 0 Å². The summed E-state index contributed by atoms with van der Waals surface area (Å²) in [4.78, 5) is 12.3. The van der Waals surface area contributed by atoms with Gasteiger partial charge in [-0.1, -0.05) is 140 Å². The van der Waals surface area contributed by atoms with Crippen LogP contribution in [0.1, 0.15) is 155 Å². The summed E-state index contributed by atoms with van der Waals surface area (Å²) in [6.45, 7) is 4.12. The molecule has 3 atom stereocenters. The summed E-state index contributed by atoms with van der Waals surface area (Å²) < 4.78 is 0. The lowest BCUT2D eigenvalue weighted by atomic mass is 10.0. The van der Waals surface area contributed by atoms with E-state index in [4.69, 9.17) is 0 Å². The summed E-state index contributed by atoms with van der Waals surface area (Å²) in [5.74, 6) is -0.342. The predicted octanol–water partition coefficient (Wildman–Crippen LogP) is 9.03. The zero-order chi connectivity index (χ0) is 30.9. The molecule has 0 rings (SSSR count). The van der Waals surface area contributed by atoms with Crippen LogP contribution in [0, 0.1) is 0 Å². The Morgan fingerprint density at radius 2 is 1.10 bits per heavy atom. The molecule has 0 aliphatic carbocycles. The van der Waals surface area contributed by atoms with Gasteiger partial charge < -0.3 is 20.6 Å². The lowest BCUT2D eigenvalue weighted by Crippen LogP contribution is -2.45. The largest absolute Gasteiger partial charge is 0.394 e. The van der Waals surface area contributed by atoms with E-state index in [0.717, 1.165) is 57.8 Å². The molecule has 0 heterocycles. The highest BCUT2D eigenvalue weighted by molar-refractivity contribution is 5.76. The lowest BCUT2D eigenvalue weighted by Gasteiger charge is -2.20. The van der Waals surface area contributed by atoms with E-state index < -0.39 is 18.2 Å². The summed E-state index contributed by atoms with van der Waals surface area (Å²) in [6, 6.07) is -0.766. The molecule has 4 N–H and O–H groups in total. The Hall–Kier alpha value is -1.69. The molecule has 0 fully saturated rings. The van der Waals surface area contributed by atoms with Crippen LogP contribution in [0.2, 0.25) is 0 Å². The highest BCUT2D eigenvalue weighted by atomic mass is 16.3. The van der Waals surface area contributed by atoms with E-state index >= 15 is 0 Å². The maximum atomic E-state index is 12.3. The van der Waals surface area contributed by atoms with Gasteiger partial charge in [0.15, 0.2) is 0 Å². The topological polar surface area (TPSA) is 89.8 Å². The quantitative estimate of drug-likeness (QED) is 0.0382. The van der Waals surface area contributed by atoms with Crippen LogP contribution in [-0.4, -0.2) is 46.1 Å². The van der Waals surface area contributed by atoms with Crippen molar-refractivity contribution in [1.29, 1.82) is 0 Å². The van der Waals surface area contributed by atoms with Crippen molar-refractivity contribution in [3.05, 3.63) is 48.6 Å². The molecular formula is C37H67NO4. The molecule has 0 bridgehead atoms. The Labute approximate surface area is 259 Å². The zero-order valence-electron chi connectivity index (χ0n) is 27.4. The minimum Gasteiger partial charge on any atom is -0.394 e. The fraction of sp³-hybridized carbons (Fsp3) is 0.757. The predicted molar refractivity (Wildman–Crippen MR) is 181 cm³/mol. The minimum absolute atomic E-state index is 0.0100. The monoisotopic (exact) mass is 590 g/mol. The van der Waals surface area contributed by atoms with Gasteiger partial charge in [0, 0.05) is 0 Å². The van der Waals surface area contributed by atoms with Gasteiger partial charge in [-0.3, -0.25) is 4.79 Å². The molecule has 244 valence electrons. The molecule has 0 aliphatic heterocycles. The number of carbonyl (C=O) groups excluding carboxylic acids is 1. The number of unbranched alkanes of at least 4 members (excludes halogenated alkanes) is 16. The first-order chi connectivity index (χ1) is 20.5. The first-order valence-corrected chi connectivity index (χ1v) is 17.4. The van der Waals surface area contributed by atoms with Gasteiger partial charge in [-0.15, -0.1) is 0 Å². The normalized spacial score (nSPS) is 14.5. The molecule has 1 amide bonds. The van der Waals surface area contributed by atoms with E-state index in [9.17, 15) is 20.1 Å². The van der Waals surface area contributed by atoms with Gasteiger partial charge in [0.1, 0.15) is 0 Å². The van der Waals surface area contributed by atoms with Gasteiger partial charge >= 0.3 is 0 Å². The van der Waals surface area contributed by atoms with Crippen molar-refractivity contribution in [2.24, 2.45) is 0 Å². The van der Waals surface area contributed by atoms with Crippen LogP contribution in [0.15, 0.2) is 48.6 Å². The van der Waals surface area contributed by atoms with Gasteiger partial charge in [0.25, 0.3) is 0 Å². The van der Waals surface area contributed by atoms with Crippen LogP contribution in [0.3, 0.4) is 0 Å². The Morgan fingerprint density at radius 1 is 0.619 bits per heavy atom. The Morgan fingerprint density at radius 3 is 1.71 bits per heavy atom. The third-order valence-corrected chi connectivity index (χ3v) is 7.62. The third kappa shape index (κ3) is 28.4. The van der Waals surface area contributed by atoms with Crippen molar-refractivity contribution in [3.63, 3.8) is 0 Å². The van der Waals surface area contributed by atoms with Crippen molar-refractivity contribution in [1.82, 2.24) is 5.32 Å². The average Bonchev–Trinajstić information content (AvgIpc) is 2.98. The molecule has 0 radical (unpaired) electrons. The number of hydrogen-bond donors (Lipinski definition) is 4. The smallest absolute Gasteiger partial charge is 0.222 e. The number of carbonyl (C=O) groups is 1. The van der Waals surface area contributed by atoms with Crippen LogP contribution in [0.4, 0.5) is 0 Å². The molecule has 0 aromatic rings. The van der Waals surface area contributed by atoms with Crippen LogP contribution in [-0.2, 0) is 4.79 Å². The highest BCUT2D eigenvalue weighted by Gasteiger charge is 2.20. The van der Waals surface area contributed by atoms with Crippen LogP contribution >= 0.6 is 0 Å². The summed E-state index contributed by atoms with van der Waals surface area (Å²) in [5.41, 5.74) is 0. The van der Waals surface area contributed by atoms with Crippen molar-refractivity contribution in [3.8, 4) is 0 Å². The molecule has 3 unspecified atom stereocenters. The number of rotatable bonds is 30. The fourth-order valence-corrected chi connectivity index (χ4v) is 4.87. The maximum absolute atomic E-state index is 12.3. The second-order valence-electron chi connectivity index (χ2n) is 11.8. The molecule has 5 nitrogen and oxygen atoms in total. The Kier molecular flexibility index (Phi) is 30.9. The molecular weight excluding hydrogens is 522 g/mol. The number of nitrogens with one attached hydrogen (secondary N) is 1. The van der Waals surface area contributed by atoms with Crippen molar-refractivity contribution in [2.75, 3.05) is 6.61 Å². The van der Waals surface area contributed by atoms with Crippen molar-refractivity contribution in [2.45, 2.75) is 173 Å². The summed E-state index contributed by atoms with van der Waals surface area (Å²) in [7, 11) is 0. The number of allylic oxidation sites excluding steroid dienone is 7. The van der Waals surface area contributed by atoms with Crippen molar-refractivity contribution < 1.29 is 20.1 Å². The van der Waals surface area contributed by atoms with Gasteiger partial charge in [-0.05, 0) is 57.8 Å². The van der Waals surface area contributed by atoms with E-state index in [-0.39, 0.29) is 18.9 Å². The Bertz CT molecular complexity index is 700. The summed E-state index contributed by atoms with van der Waals surface area (Å²) in [6.07, 6.45) is 39.4. The second kappa shape index (κ2) is 32.2. The van der Waals surface area contributed by atoms with E-state index in [0.29, 0.717) is 6.42 Å². The fourth-order valence-electron chi connectivity index (χ4n) is 4.87. The highest BCUT2D eigenvalue weighted by Crippen LogP contribution is 2.12. The number of amides is 1. The molecule has 0 aliphatic rings. The first kappa shape index (κ1) is 40.3. The SMILES string of the molecule is CCCCC/C=C\C=C/CCCCCCC(O)CC(=O)NC(CO)C(O)/C=C/CC/C=C/CCCCCCCCCC. The van der Waals surface area contributed by atoms with Crippen LogP contribution < -0.4 is 5.32 Å². The second-order valence-corrected chi connectivity index (χ2v) is 11.8. The zero-order valence-corrected chi connectivity index (χ0v) is 27.4. The molecule has 42 heavy (non-hydrogen) atoms. The lowest BCUT2D eigenvalue weighted by molar-refractivity contribution is -0.124. The van der Waals surface area contributed by atoms with E-state index in [1.165, 1.54) is 70.6 Å². The first-order valence-electron chi connectivity index (χ1n) is 17.4. The summed E-state index contributed by atoms with van der Waals surface area (Å²) in [5, 5.41) is 32.9. The van der Waals surface area contributed by atoms with E-state index in [2.05, 4.69) is 55.6 Å². The molecule has 0 saturated heterocycles. The van der Waals surface area contributed by atoms with Gasteiger partial charge in [0.2, 0.25) is 5.91 Å². The van der Waals surface area contributed by atoms with Crippen LogP contribution in [0.5, 0.6) is 0 Å².